The smallest absolute Gasteiger partial charge is 0.202 e. The van der Waals surface area contributed by atoms with Gasteiger partial charge in [0.1, 0.15) is 22.5 Å². The molecule has 4 rings (SSSR count). The molecule has 8 heteroatoms. The van der Waals surface area contributed by atoms with Crippen molar-refractivity contribution >= 4 is 52.4 Å². The Hall–Kier alpha value is -1.99. The van der Waals surface area contributed by atoms with Crippen molar-refractivity contribution in [1.29, 1.82) is 0 Å². The Morgan fingerprint density at radius 2 is 1.88 bits per heavy atom. The van der Waals surface area contributed by atoms with Gasteiger partial charge in [0, 0.05) is 30.8 Å². The fraction of sp³-hybridized carbons (Fsp3) is 0.458. The maximum atomic E-state index is 13.4. The molecule has 1 unspecified atom stereocenters. The van der Waals surface area contributed by atoms with E-state index in [4.69, 9.17) is 14.9 Å². The zero-order valence-corrected chi connectivity index (χ0v) is 20.7. The Balaban J connectivity index is 0.00000181. The van der Waals surface area contributed by atoms with Crippen molar-refractivity contribution in [3.63, 3.8) is 0 Å². The minimum atomic E-state index is -0.490. The molecule has 32 heavy (non-hydrogen) atoms. The molecule has 0 fully saturated rings. The standard InChI is InChI=1S/C24H31N3O3.2ClH/c1-5-27(6-2)12-11-26-17-14-19-16(13-20(25)24(3,4)30-19)23-21(17)22(28)15-9-7-8-10-18(15)29-23;;/h7-10,14,20,26H,5-6,11-13,25H2,1-4H3;2*1H. The van der Waals surface area contributed by atoms with Crippen LogP contribution in [0.15, 0.2) is 39.5 Å². The van der Waals surface area contributed by atoms with Crippen molar-refractivity contribution in [1.82, 2.24) is 4.90 Å². The second kappa shape index (κ2) is 10.3. The third kappa shape index (κ3) is 4.69. The summed E-state index contributed by atoms with van der Waals surface area (Å²) < 4.78 is 12.5. The highest BCUT2D eigenvalue weighted by atomic mass is 35.5. The van der Waals surface area contributed by atoms with Gasteiger partial charge in [0.2, 0.25) is 5.43 Å². The van der Waals surface area contributed by atoms with Gasteiger partial charge in [-0.1, -0.05) is 26.0 Å². The van der Waals surface area contributed by atoms with Crippen LogP contribution in [-0.4, -0.2) is 42.7 Å². The monoisotopic (exact) mass is 481 g/mol. The van der Waals surface area contributed by atoms with Crippen molar-refractivity contribution in [2.45, 2.75) is 45.8 Å². The van der Waals surface area contributed by atoms with E-state index in [-0.39, 0.29) is 36.3 Å². The molecule has 1 aromatic heterocycles. The van der Waals surface area contributed by atoms with E-state index in [1.165, 1.54) is 0 Å². The van der Waals surface area contributed by atoms with Crippen LogP contribution in [0.2, 0.25) is 0 Å². The van der Waals surface area contributed by atoms with Gasteiger partial charge in [-0.2, -0.15) is 0 Å². The van der Waals surface area contributed by atoms with Crippen molar-refractivity contribution in [2.75, 3.05) is 31.5 Å². The Morgan fingerprint density at radius 3 is 2.56 bits per heavy atom. The van der Waals surface area contributed by atoms with E-state index in [9.17, 15) is 4.79 Å². The van der Waals surface area contributed by atoms with E-state index in [2.05, 4.69) is 24.1 Å². The van der Waals surface area contributed by atoms with Crippen molar-refractivity contribution < 1.29 is 9.15 Å². The molecule has 1 aliphatic heterocycles. The Morgan fingerprint density at radius 1 is 1.19 bits per heavy atom. The number of anilines is 1. The molecule has 1 aliphatic rings. The van der Waals surface area contributed by atoms with Crippen LogP contribution in [0.3, 0.4) is 0 Å². The van der Waals surface area contributed by atoms with E-state index in [1.807, 2.05) is 44.2 Å². The summed E-state index contributed by atoms with van der Waals surface area (Å²) in [5, 5.41) is 4.62. The summed E-state index contributed by atoms with van der Waals surface area (Å²) in [7, 11) is 0. The Bertz CT molecular complexity index is 1140. The van der Waals surface area contributed by atoms with E-state index < -0.39 is 5.60 Å². The molecule has 0 spiro atoms. The summed E-state index contributed by atoms with van der Waals surface area (Å²) in [5.41, 5.74) is 8.64. The van der Waals surface area contributed by atoms with E-state index in [1.54, 1.807) is 0 Å². The average molecular weight is 482 g/mol. The minimum absolute atomic E-state index is 0. The van der Waals surface area contributed by atoms with Crippen molar-refractivity contribution in [3.8, 4) is 5.75 Å². The molecule has 0 radical (unpaired) electrons. The molecular formula is C24H33Cl2N3O3. The molecule has 2 heterocycles. The number of benzene rings is 2. The second-order valence-corrected chi connectivity index (χ2v) is 8.50. The molecule has 6 nitrogen and oxygen atoms in total. The number of fused-ring (bicyclic) bond motifs is 4. The molecule has 0 aliphatic carbocycles. The number of likely N-dealkylation sites (N-methyl/N-ethyl adjacent to an activating group) is 1. The number of hydrogen-bond donors (Lipinski definition) is 2. The third-order valence-corrected chi connectivity index (χ3v) is 6.24. The predicted molar refractivity (Wildman–Crippen MR) is 137 cm³/mol. The van der Waals surface area contributed by atoms with Crippen LogP contribution in [0.5, 0.6) is 5.75 Å². The van der Waals surface area contributed by atoms with Gasteiger partial charge in [-0.3, -0.25) is 4.79 Å². The maximum Gasteiger partial charge on any atom is 0.202 e. The molecular weight excluding hydrogens is 449 g/mol. The fourth-order valence-electron chi connectivity index (χ4n) is 4.14. The lowest BCUT2D eigenvalue weighted by atomic mass is 9.88. The Labute approximate surface area is 201 Å². The van der Waals surface area contributed by atoms with Crippen LogP contribution >= 0.6 is 24.8 Å². The molecule has 176 valence electrons. The lowest BCUT2D eigenvalue weighted by Gasteiger charge is -2.38. The number of halogens is 2. The number of rotatable bonds is 6. The molecule has 0 saturated carbocycles. The molecule has 1 atom stereocenters. The minimum Gasteiger partial charge on any atom is -0.486 e. The largest absolute Gasteiger partial charge is 0.486 e. The first-order valence-electron chi connectivity index (χ1n) is 10.8. The van der Waals surface area contributed by atoms with Crippen molar-refractivity contribution in [3.05, 3.63) is 46.1 Å². The lowest BCUT2D eigenvalue weighted by molar-refractivity contribution is 0.0643. The first-order chi connectivity index (χ1) is 14.4. The van der Waals surface area contributed by atoms with Crippen molar-refractivity contribution in [2.24, 2.45) is 5.73 Å². The van der Waals surface area contributed by atoms with Crippen LogP contribution in [-0.2, 0) is 6.42 Å². The molecule has 3 N–H and O–H groups in total. The van der Waals surface area contributed by atoms with Gasteiger partial charge >= 0.3 is 0 Å². The number of nitrogens with zero attached hydrogens (tertiary/aromatic N) is 1. The van der Waals surface area contributed by atoms with Gasteiger partial charge in [0.15, 0.2) is 0 Å². The number of para-hydroxylation sites is 1. The van der Waals surface area contributed by atoms with E-state index >= 15 is 0 Å². The zero-order chi connectivity index (χ0) is 21.5. The van der Waals surface area contributed by atoms with Gasteiger partial charge in [0.25, 0.3) is 0 Å². The molecule has 2 aromatic carbocycles. The van der Waals surface area contributed by atoms with Crippen LogP contribution in [0.1, 0.15) is 33.3 Å². The van der Waals surface area contributed by atoms with Gasteiger partial charge in [-0.25, -0.2) is 0 Å². The van der Waals surface area contributed by atoms with Crippen LogP contribution in [0.4, 0.5) is 5.69 Å². The zero-order valence-electron chi connectivity index (χ0n) is 19.1. The topological polar surface area (TPSA) is 80.7 Å². The van der Waals surface area contributed by atoms with Gasteiger partial charge in [0.05, 0.1) is 16.5 Å². The normalized spacial score (nSPS) is 16.8. The highest BCUT2D eigenvalue weighted by Gasteiger charge is 2.36. The van der Waals surface area contributed by atoms with Crippen LogP contribution in [0.25, 0.3) is 21.9 Å². The summed E-state index contributed by atoms with van der Waals surface area (Å²) in [4.78, 5) is 15.8. The summed E-state index contributed by atoms with van der Waals surface area (Å²) >= 11 is 0. The lowest BCUT2D eigenvalue weighted by Crippen LogP contribution is -2.51. The molecule has 3 aromatic rings. The van der Waals surface area contributed by atoms with Crippen LogP contribution < -0.4 is 21.2 Å². The van der Waals surface area contributed by atoms with Gasteiger partial charge in [-0.05, 0) is 45.5 Å². The average Bonchev–Trinajstić information content (AvgIpc) is 2.72. The number of ether oxygens (including phenoxy) is 1. The summed E-state index contributed by atoms with van der Waals surface area (Å²) in [6.07, 6.45) is 0.597. The summed E-state index contributed by atoms with van der Waals surface area (Å²) in [5.74, 6) is 0.734. The number of hydrogen-bond acceptors (Lipinski definition) is 6. The van der Waals surface area contributed by atoms with E-state index in [0.717, 1.165) is 43.2 Å². The summed E-state index contributed by atoms with van der Waals surface area (Å²) in [6, 6.07) is 9.13. The second-order valence-electron chi connectivity index (χ2n) is 8.50. The maximum absolute atomic E-state index is 13.4. The highest BCUT2D eigenvalue weighted by molar-refractivity contribution is 6.00. The summed E-state index contributed by atoms with van der Waals surface area (Å²) in [6.45, 7) is 11.9. The molecule has 0 saturated heterocycles. The van der Waals surface area contributed by atoms with Gasteiger partial charge < -0.3 is 25.1 Å². The third-order valence-electron chi connectivity index (χ3n) is 6.24. The molecule has 0 amide bonds. The SMILES string of the molecule is CCN(CC)CCNc1cc2c(c3oc4ccccc4c(=O)c13)CC(N)C(C)(C)O2.Cl.Cl. The van der Waals surface area contributed by atoms with E-state index in [0.29, 0.717) is 28.4 Å². The number of nitrogens with one attached hydrogen (secondary N) is 1. The Kier molecular flexibility index (Phi) is 8.45. The van der Waals surface area contributed by atoms with Gasteiger partial charge in [-0.15, -0.1) is 24.8 Å². The van der Waals surface area contributed by atoms with Crippen LogP contribution in [0, 0.1) is 0 Å². The first-order valence-corrected chi connectivity index (χ1v) is 10.8. The first kappa shape index (κ1) is 26.3. The quantitative estimate of drug-likeness (QED) is 0.501. The predicted octanol–water partition coefficient (Wildman–Crippen LogP) is 4.58. The highest BCUT2D eigenvalue weighted by Crippen LogP contribution is 2.40. The number of nitrogens with two attached hydrogens (primary N) is 1. The molecule has 0 bridgehead atoms. The fourth-order valence-corrected chi connectivity index (χ4v) is 4.14.